The Bertz CT molecular complexity index is 920. The Kier molecular flexibility index (Phi) is 4.02. The molecule has 0 spiro atoms. The Labute approximate surface area is 146 Å². The molecule has 132 valence electrons. The topological polar surface area (TPSA) is 70.9 Å². The molecule has 2 heterocycles. The van der Waals surface area contributed by atoms with Gasteiger partial charge in [0.2, 0.25) is 0 Å². The minimum absolute atomic E-state index is 0.312. The first-order valence-electron chi connectivity index (χ1n) is 7.93. The van der Waals surface area contributed by atoms with Crippen molar-refractivity contribution in [3.05, 3.63) is 36.4 Å². The lowest BCUT2D eigenvalue weighted by atomic mass is 10.0. The van der Waals surface area contributed by atoms with Crippen molar-refractivity contribution in [3.63, 3.8) is 0 Å². The van der Waals surface area contributed by atoms with Crippen LogP contribution in [0.3, 0.4) is 0 Å². The number of benzene rings is 1. The van der Waals surface area contributed by atoms with E-state index in [-0.39, 0.29) is 5.54 Å². The molecule has 1 aromatic carbocycles. The van der Waals surface area contributed by atoms with E-state index in [1.54, 1.807) is 21.6 Å². The van der Waals surface area contributed by atoms with E-state index >= 15 is 0 Å². The van der Waals surface area contributed by atoms with Gasteiger partial charge in [-0.1, -0.05) is 0 Å². The van der Waals surface area contributed by atoms with E-state index < -0.39 is 5.82 Å². The first-order chi connectivity index (χ1) is 11.7. The van der Waals surface area contributed by atoms with Crippen molar-refractivity contribution in [2.24, 2.45) is 7.05 Å². The summed E-state index contributed by atoms with van der Waals surface area (Å²) in [5.74, 6) is -0.0689. The van der Waals surface area contributed by atoms with Crippen LogP contribution in [0.25, 0.3) is 22.5 Å². The molecule has 0 atom stereocenters. The fraction of sp³-hybridized carbons (Fsp3) is 0.333. The lowest BCUT2D eigenvalue weighted by molar-refractivity contribution is 0.358. The molecule has 7 heteroatoms. The molecule has 0 saturated heterocycles. The Morgan fingerprint density at radius 3 is 2.48 bits per heavy atom. The first-order valence-corrected chi connectivity index (χ1v) is 7.93. The van der Waals surface area contributed by atoms with E-state index in [2.05, 4.69) is 5.10 Å². The number of aromatic nitrogens is 4. The average Bonchev–Trinajstić information content (AvgIpc) is 3.12. The fourth-order valence-electron chi connectivity index (χ4n) is 2.78. The molecule has 3 aromatic rings. The van der Waals surface area contributed by atoms with Crippen LogP contribution in [0.1, 0.15) is 20.8 Å². The Morgan fingerprint density at radius 1 is 1.20 bits per heavy atom. The number of rotatable bonds is 3. The third-order valence-corrected chi connectivity index (χ3v) is 3.90. The summed E-state index contributed by atoms with van der Waals surface area (Å²) in [5.41, 5.74) is 8.26. The largest absolute Gasteiger partial charge is 0.496 e. The monoisotopic (exact) mass is 343 g/mol. The number of nitrogens with two attached hydrogens (primary N) is 1. The van der Waals surface area contributed by atoms with Gasteiger partial charge in [0.15, 0.2) is 0 Å². The van der Waals surface area contributed by atoms with E-state index in [1.807, 2.05) is 40.1 Å². The second-order valence-corrected chi connectivity index (χ2v) is 6.98. The Morgan fingerprint density at radius 2 is 1.92 bits per heavy atom. The van der Waals surface area contributed by atoms with Crippen LogP contribution >= 0.6 is 0 Å². The maximum Gasteiger partial charge on any atom is 0.138 e. The average molecular weight is 343 g/mol. The lowest BCUT2D eigenvalue weighted by Crippen LogP contribution is -2.24. The minimum atomic E-state index is -0.444. The van der Waals surface area contributed by atoms with Crippen molar-refractivity contribution in [1.82, 2.24) is 19.6 Å². The summed E-state index contributed by atoms with van der Waals surface area (Å²) in [4.78, 5) is 0. The normalized spacial score (nSPS) is 11.8. The van der Waals surface area contributed by atoms with Gasteiger partial charge in [-0.25, -0.2) is 4.39 Å². The van der Waals surface area contributed by atoms with E-state index in [1.165, 1.54) is 13.2 Å². The van der Waals surface area contributed by atoms with Crippen LogP contribution in [0, 0.1) is 5.82 Å². The zero-order valence-electron chi connectivity index (χ0n) is 15.0. The second kappa shape index (κ2) is 5.91. The molecular weight excluding hydrogens is 321 g/mol. The third kappa shape index (κ3) is 3.09. The highest BCUT2D eigenvalue weighted by atomic mass is 19.1. The first kappa shape index (κ1) is 17.0. The molecule has 0 bridgehead atoms. The van der Waals surface area contributed by atoms with Crippen molar-refractivity contribution in [1.29, 1.82) is 0 Å². The van der Waals surface area contributed by atoms with Crippen molar-refractivity contribution in [2.75, 3.05) is 12.8 Å². The molecule has 0 aliphatic rings. The quantitative estimate of drug-likeness (QED) is 0.740. The SMILES string of the molecule is COc1cc(N)cc(F)c1-c1cc(-c2cnn(C)c2)nn1C(C)(C)C. The molecule has 0 unspecified atom stereocenters. The molecule has 0 saturated carbocycles. The maximum absolute atomic E-state index is 14.8. The van der Waals surface area contributed by atoms with Crippen LogP contribution in [0.4, 0.5) is 10.1 Å². The van der Waals surface area contributed by atoms with E-state index in [4.69, 9.17) is 15.6 Å². The molecule has 0 radical (unpaired) electrons. The molecule has 2 N–H and O–H groups in total. The lowest BCUT2D eigenvalue weighted by Gasteiger charge is -2.23. The van der Waals surface area contributed by atoms with Gasteiger partial charge >= 0.3 is 0 Å². The number of ether oxygens (including phenoxy) is 1. The molecule has 25 heavy (non-hydrogen) atoms. The smallest absolute Gasteiger partial charge is 0.138 e. The number of hydrogen-bond donors (Lipinski definition) is 1. The van der Waals surface area contributed by atoms with Crippen molar-refractivity contribution in [2.45, 2.75) is 26.3 Å². The zero-order chi connectivity index (χ0) is 18.4. The maximum atomic E-state index is 14.8. The zero-order valence-corrected chi connectivity index (χ0v) is 15.0. The molecular formula is C18H22FN5O. The molecule has 6 nitrogen and oxygen atoms in total. The number of anilines is 1. The van der Waals surface area contributed by atoms with E-state index in [9.17, 15) is 4.39 Å². The predicted molar refractivity (Wildman–Crippen MR) is 95.8 cm³/mol. The van der Waals surface area contributed by atoms with Crippen LogP contribution in [0.5, 0.6) is 5.75 Å². The number of aryl methyl sites for hydroxylation is 1. The second-order valence-electron chi connectivity index (χ2n) is 6.98. The number of nitrogens with zero attached hydrogens (tertiary/aromatic N) is 4. The van der Waals surface area contributed by atoms with Gasteiger partial charge in [-0.3, -0.25) is 9.36 Å². The molecule has 0 fully saturated rings. The number of methoxy groups -OCH3 is 1. The summed E-state index contributed by atoms with van der Waals surface area (Å²) in [7, 11) is 3.34. The minimum Gasteiger partial charge on any atom is -0.496 e. The van der Waals surface area contributed by atoms with Crippen LogP contribution in [0.2, 0.25) is 0 Å². The summed E-state index contributed by atoms with van der Waals surface area (Å²) in [6.45, 7) is 6.04. The van der Waals surface area contributed by atoms with Gasteiger partial charge in [-0.05, 0) is 32.9 Å². The van der Waals surface area contributed by atoms with Gasteiger partial charge < -0.3 is 10.5 Å². The molecule has 3 rings (SSSR count). The summed E-state index contributed by atoms with van der Waals surface area (Å²) >= 11 is 0. The summed E-state index contributed by atoms with van der Waals surface area (Å²) in [5, 5.41) is 8.87. The summed E-state index contributed by atoms with van der Waals surface area (Å²) < 4.78 is 23.6. The van der Waals surface area contributed by atoms with E-state index in [0.29, 0.717) is 22.7 Å². The van der Waals surface area contributed by atoms with Gasteiger partial charge in [0.1, 0.15) is 11.6 Å². The number of hydrogen-bond acceptors (Lipinski definition) is 4. The highest BCUT2D eigenvalue weighted by molar-refractivity contribution is 5.75. The standard InChI is InChI=1S/C18H22FN5O/c1-18(2,3)24-15(8-14(22-24)11-9-21-23(4)10-11)17-13(19)6-12(20)7-16(17)25-5/h6-10H,20H2,1-5H3. The number of halogens is 1. The number of nitrogen functional groups attached to an aromatic ring is 1. The Balaban J connectivity index is 2.27. The molecule has 0 aliphatic carbocycles. The van der Waals surface area contributed by atoms with Gasteiger partial charge in [0.25, 0.3) is 0 Å². The van der Waals surface area contributed by atoms with Crippen LogP contribution in [-0.4, -0.2) is 26.7 Å². The molecule has 0 amide bonds. The summed E-state index contributed by atoms with van der Waals surface area (Å²) in [6.07, 6.45) is 3.60. The van der Waals surface area contributed by atoms with Crippen LogP contribution < -0.4 is 10.5 Å². The van der Waals surface area contributed by atoms with Crippen LogP contribution in [-0.2, 0) is 12.6 Å². The third-order valence-electron chi connectivity index (χ3n) is 3.90. The van der Waals surface area contributed by atoms with E-state index in [0.717, 1.165) is 11.3 Å². The van der Waals surface area contributed by atoms with Gasteiger partial charge in [-0.2, -0.15) is 10.2 Å². The Hall–Kier alpha value is -2.83. The summed E-state index contributed by atoms with van der Waals surface area (Å²) in [6, 6.07) is 4.75. The predicted octanol–water partition coefficient (Wildman–Crippen LogP) is 3.44. The highest BCUT2D eigenvalue weighted by Crippen LogP contribution is 2.38. The fourth-order valence-corrected chi connectivity index (χ4v) is 2.78. The highest BCUT2D eigenvalue weighted by Gasteiger charge is 2.25. The van der Waals surface area contributed by atoms with Crippen molar-refractivity contribution < 1.29 is 9.13 Å². The van der Waals surface area contributed by atoms with Crippen LogP contribution in [0.15, 0.2) is 30.6 Å². The van der Waals surface area contributed by atoms with Crippen molar-refractivity contribution >= 4 is 5.69 Å². The van der Waals surface area contributed by atoms with Crippen molar-refractivity contribution in [3.8, 4) is 28.3 Å². The van der Waals surface area contributed by atoms with Gasteiger partial charge in [0, 0.05) is 30.6 Å². The van der Waals surface area contributed by atoms with Gasteiger partial charge in [-0.15, -0.1) is 0 Å². The van der Waals surface area contributed by atoms with Gasteiger partial charge in [0.05, 0.1) is 35.8 Å². The molecule has 2 aromatic heterocycles. The molecule has 0 aliphatic heterocycles.